The van der Waals surface area contributed by atoms with Gasteiger partial charge in [0.05, 0.1) is 6.17 Å². The fourth-order valence-corrected chi connectivity index (χ4v) is 1.85. The Hall–Kier alpha value is -1.63. The molecule has 0 aliphatic rings. The zero-order valence-corrected chi connectivity index (χ0v) is 13.6. The molecule has 0 fully saturated rings. The summed E-state index contributed by atoms with van der Waals surface area (Å²) in [6.45, 7) is 9.02. The molecule has 120 valence electrons. The van der Waals surface area contributed by atoms with Crippen LogP contribution < -0.4 is 21.7 Å². The van der Waals surface area contributed by atoms with Gasteiger partial charge in [0.25, 0.3) is 0 Å². The van der Waals surface area contributed by atoms with Gasteiger partial charge in [-0.05, 0) is 27.2 Å². The lowest BCUT2D eigenvalue weighted by atomic mass is 10.2. The van der Waals surface area contributed by atoms with Crippen LogP contribution in [-0.4, -0.2) is 33.7 Å². The zero-order valence-electron chi connectivity index (χ0n) is 13.6. The van der Waals surface area contributed by atoms with Crippen molar-refractivity contribution in [1.82, 2.24) is 15.0 Å². The first-order chi connectivity index (χ1) is 10.0. The molecule has 0 amide bonds. The number of nitrogens with zero attached hydrogens (tertiary/aromatic N) is 3. The number of hydrogen-bond acceptors (Lipinski definition) is 7. The molecule has 0 spiro atoms. The topological polar surface area (TPSA) is 101 Å². The molecule has 5 N–H and O–H groups in total. The summed E-state index contributed by atoms with van der Waals surface area (Å²) in [5.74, 6) is 1.62. The highest BCUT2D eigenvalue weighted by molar-refractivity contribution is 5.42. The van der Waals surface area contributed by atoms with Gasteiger partial charge in [-0.2, -0.15) is 15.0 Å². The van der Waals surface area contributed by atoms with Crippen molar-refractivity contribution in [2.75, 3.05) is 22.5 Å². The predicted octanol–water partition coefficient (Wildman–Crippen LogP) is 2.40. The van der Waals surface area contributed by atoms with E-state index in [0.717, 1.165) is 19.4 Å². The van der Waals surface area contributed by atoms with Crippen molar-refractivity contribution >= 4 is 17.8 Å². The van der Waals surface area contributed by atoms with Crippen molar-refractivity contribution in [2.24, 2.45) is 5.73 Å². The standard InChI is InChI=1S/C14H29N7/c1-5-7-8-9-11(15)18-14-20-12(16-6-2)19-13(21-14)17-10(3)4/h10-11H,5-9,15H2,1-4H3,(H3,16,17,18,19,20,21). The number of aromatic nitrogens is 3. The van der Waals surface area contributed by atoms with Gasteiger partial charge in [-0.25, -0.2) is 0 Å². The molecule has 0 bridgehead atoms. The van der Waals surface area contributed by atoms with Crippen LogP contribution >= 0.6 is 0 Å². The van der Waals surface area contributed by atoms with E-state index in [4.69, 9.17) is 5.73 Å². The van der Waals surface area contributed by atoms with Gasteiger partial charge in [-0.3, -0.25) is 0 Å². The maximum Gasteiger partial charge on any atom is 0.230 e. The molecular formula is C14H29N7. The van der Waals surface area contributed by atoms with Crippen molar-refractivity contribution in [3.05, 3.63) is 0 Å². The molecule has 1 aromatic rings. The van der Waals surface area contributed by atoms with Gasteiger partial charge in [0.1, 0.15) is 0 Å². The molecule has 7 heteroatoms. The monoisotopic (exact) mass is 295 g/mol. The first-order valence-corrected chi connectivity index (χ1v) is 7.83. The Labute approximate surface area is 127 Å². The Morgan fingerprint density at radius 1 is 0.952 bits per heavy atom. The second-order valence-corrected chi connectivity index (χ2v) is 5.38. The second-order valence-electron chi connectivity index (χ2n) is 5.38. The maximum absolute atomic E-state index is 6.07. The van der Waals surface area contributed by atoms with Gasteiger partial charge in [-0.1, -0.05) is 26.2 Å². The Bertz CT molecular complexity index is 408. The molecule has 21 heavy (non-hydrogen) atoms. The van der Waals surface area contributed by atoms with Crippen molar-refractivity contribution in [2.45, 2.75) is 65.6 Å². The minimum absolute atomic E-state index is 0.139. The summed E-state index contributed by atoms with van der Waals surface area (Å²) in [5, 5.41) is 9.44. The van der Waals surface area contributed by atoms with Crippen LogP contribution in [0.5, 0.6) is 0 Å². The molecule has 1 rings (SSSR count). The van der Waals surface area contributed by atoms with Gasteiger partial charge < -0.3 is 21.7 Å². The summed E-state index contributed by atoms with van der Waals surface area (Å²) in [6.07, 6.45) is 4.25. The van der Waals surface area contributed by atoms with Gasteiger partial charge in [-0.15, -0.1) is 0 Å². The normalized spacial score (nSPS) is 12.3. The SMILES string of the molecule is CCCCCC(N)Nc1nc(NCC)nc(NC(C)C)n1. The minimum atomic E-state index is -0.139. The second kappa shape index (κ2) is 9.33. The van der Waals surface area contributed by atoms with Gasteiger partial charge in [0, 0.05) is 12.6 Å². The lowest BCUT2D eigenvalue weighted by molar-refractivity contribution is 0.596. The molecule has 0 aromatic carbocycles. The molecule has 0 saturated heterocycles. The third kappa shape index (κ3) is 7.08. The van der Waals surface area contributed by atoms with Crippen LogP contribution in [0.15, 0.2) is 0 Å². The molecule has 1 heterocycles. The number of nitrogens with one attached hydrogen (secondary N) is 3. The van der Waals surface area contributed by atoms with Crippen molar-refractivity contribution in [1.29, 1.82) is 0 Å². The zero-order chi connectivity index (χ0) is 15.7. The summed E-state index contributed by atoms with van der Waals surface area (Å²) >= 11 is 0. The molecule has 1 aromatic heterocycles. The average molecular weight is 295 g/mol. The smallest absolute Gasteiger partial charge is 0.230 e. The van der Waals surface area contributed by atoms with Crippen LogP contribution in [-0.2, 0) is 0 Å². The van der Waals surface area contributed by atoms with E-state index in [1.165, 1.54) is 12.8 Å². The van der Waals surface area contributed by atoms with E-state index in [2.05, 4.69) is 37.8 Å². The van der Waals surface area contributed by atoms with E-state index in [-0.39, 0.29) is 12.2 Å². The number of hydrogen-bond donors (Lipinski definition) is 4. The summed E-state index contributed by atoms with van der Waals surface area (Å²) in [4.78, 5) is 13.0. The number of nitrogens with two attached hydrogens (primary N) is 1. The van der Waals surface area contributed by atoms with Crippen LogP contribution in [0.3, 0.4) is 0 Å². The highest BCUT2D eigenvalue weighted by atomic mass is 15.3. The highest BCUT2D eigenvalue weighted by Gasteiger charge is 2.09. The lowest BCUT2D eigenvalue weighted by Crippen LogP contribution is -2.30. The van der Waals surface area contributed by atoms with E-state index < -0.39 is 0 Å². The first kappa shape index (κ1) is 17.4. The molecule has 0 aliphatic heterocycles. The van der Waals surface area contributed by atoms with E-state index in [0.29, 0.717) is 17.8 Å². The Morgan fingerprint density at radius 2 is 1.57 bits per heavy atom. The molecule has 1 unspecified atom stereocenters. The van der Waals surface area contributed by atoms with Crippen LogP contribution in [0.1, 0.15) is 53.4 Å². The summed E-state index contributed by atoms with van der Waals surface area (Å²) in [5.41, 5.74) is 6.07. The predicted molar refractivity (Wildman–Crippen MR) is 88.5 cm³/mol. The number of anilines is 3. The average Bonchev–Trinajstić information content (AvgIpc) is 2.38. The van der Waals surface area contributed by atoms with Gasteiger partial charge in [0.15, 0.2) is 0 Å². The molecule has 0 saturated carbocycles. The van der Waals surface area contributed by atoms with E-state index >= 15 is 0 Å². The molecule has 0 aliphatic carbocycles. The van der Waals surface area contributed by atoms with Gasteiger partial charge in [0.2, 0.25) is 17.8 Å². The van der Waals surface area contributed by atoms with Crippen LogP contribution in [0.2, 0.25) is 0 Å². The quantitative estimate of drug-likeness (QED) is 0.388. The minimum Gasteiger partial charge on any atom is -0.354 e. The van der Waals surface area contributed by atoms with Crippen molar-refractivity contribution < 1.29 is 0 Å². The molecular weight excluding hydrogens is 266 g/mol. The Morgan fingerprint density at radius 3 is 2.14 bits per heavy atom. The maximum atomic E-state index is 6.07. The summed E-state index contributed by atoms with van der Waals surface area (Å²) in [6, 6.07) is 0.257. The fraction of sp³-hybridized carbons (Fsp3) is 0.786. The molecule has 1 atom stereocenters. The third-order valence-electron chi connectivity index (χ3n) is 2.82. The van der Waals surface area contributed by atoms with Crippen LogP contribution in [0.4, 0.5) is 17.8 Å². The van der Waals surface area contributed by atoms with Crippen LogP contribution in [0.25, 0.3) is 0 Å². The largest absolute Gasteiger partial charge is 0.354 e. The van der Waals surface area contributed by atoms with E-state index in [1.807, 2.05) is 20.8 Å². The number of rotatable bonds is 10. The van der Waals surface area contributed by atoms with E-state index in [1.54, 1.807) is 0 Å². The third-order valence-corrected chi connectivity index (χ3v) is 2.82. The summed E-state index contributed by atoms with van der Waals surface area (Å²) < 4.78 is 0. The lowest BCUT2D eigenvalue weighted by Gasteiger charge is -2.16. The Kier molecular flexibility index (Phi) is 7.74. The Balaban J connectivity index is 2.72. The number of unbranched alkanes of at least 4 members (excludes halogenated alkanes) is 2. The van der Waals surface area contributed by atoms with Gasteiger partial charge >= 0.3 is 0 Å². The fourth-order valence-electron chi connectivity index (χ4n) is 1.85. The summed E-state index contributed by atoms with van der Waals surface area (Å²) in [7, 11) is 0. The van der Waals surface area contributed by atoms with Crippen molar-refractivity contribution in [3.63, 3.8) is 0 Å². The molecule has 7 nitrogen and oxygen atoms in total. The highest BCUT2D eigenvalue weighted by Crippen LogP contribution is 2.12. The van der Waals surface area contributed by atoms with E-state index in [9.17, 15) is 0 Å². The van der Waals surface area contributed by atoms with Crippen LogP contribution in [0, 0.1) is 0 Å². The van der Waals surface area contributed by atoms with Crippen molar-refractivity contribution in [3.8, 4) is 0 Å². The first-order valence-electron chi connectivity index (χ1n) is 7.83. The molecule has 0 radical (unpaired) electrons.